The van der Waals surface area contributed by atoms with Crippen molar-refractivity contribution < 1.29 is 44.2 Å². The first-order valence-corrected chi connectivity index (χ1v) is 6.15. The smallest absolute Gasteiger partial charge is 0.367 e. The number of aliphatic hydroxyl groups is 4. The number of aliphatic carboxylic acids is 1. The fourth-order valence-corrected chi connectivity index (χ4v) is 2.10. The van der Waals surface area contributed by atoms with Crippen LogP contribution in [0, 0.1) is 0 Å². The lowest BCUT2D eigenvalue weighted by Gasteiger charge is -2.43. The molecule has 122 valence electrons. The summed E-state index contributed by atoms with van der Waals surface area (Å²) < 4.78 is 18.5. The van der Waals surface area contributed by atoms with Crippen molar-refractivity contribution in [2.24, 2.45) is 0 Å². The number of amides is 1. The second kappa shape index (κ2) is 6.62. The molecule has 9 nitrogen and oxygen atoms in total. The Bertz CT molecular complexity index is 408. The SMILES string of the molecule is CC(=O)N[C@@H]1C[C@@H](F)[C@@](O)(C(=O)O)O[C@H]1[C@H](O)[C@H](O)CO. The van der Waals surface area contributed by atoms with Crippen LogP contribution in [0.2, 0.25) is 0 Å². The molecule has 0 aromatic heterocycles. The highest BCUT2D eigenvalue weighted by Crippen LogP contribution is 2.32. The van der Waals surface area contributed by atoms with Gasteiger partial charge in [-0.3, -0.25) is 4.79 Å². The lowest BCUT2D eigenvalue weighted by Crippen LogP contribution is -2.66. The number of nitrogens with one attached hydrogen (secondary N) is 1. The van der Waals surface area contributed by atoms with Crippen LogP contribution in [-0.4, -0.2) is 80.3 Å². The third-order valence-corrected chi connectivity index (χ3v) is 3.21. The molecule has 1 amide bonds. The Morgan fingerprint density at radius 3 is 2.48 bits per heavy atom. The molecule has 0 aromatic carbocycles. The highest BCUT2D eigenvalue weighted by atomic mass is 19.1. The number of carboxylic acids is 1. The zero-order valence-corrected chi connectivity index (χ0v) is 11.1. The number of carboxylic acid groups (broad SMARTS) is 1. The summed E-state index contributed by atoms with van der Waals surface area (Å²) >= 11 is 0. The normalized spacial score (nSPS) is 35.8. The van der Waals surface area contributed by atoms with E-state index in [9.17, 15) is 29.3 Å². The van der Waals surface area contributed by atoms with Gasteiger partial charge >= 0.3 is 5.97 Å². The van der Waals surface area contributed by atoms with Crippen LogP contribution in [0.5, 0.6) is 0 Å². The van der Waals surface area contributed by atoms with Crippen molar-refractivity contribution in [1.29, 1.82) is 0 Å². The highest BCUT2D eigenvalue weighted by Gasteiger charge is 2.56. The summed E-state index contributed by atoms with van der Waals surface area (Å²) in [5.41, 5.74) is 0. The van der Waals surface area contributed by atoms with E-state index in [1.807, 2.05) is 0 Å². The molecule has 6 atom stereocenters. The molecule has 0 unspecified atom stereocenters. The summed E-state index contributed by atoms with van der Waals surface area (Å²) in [7, 11) is 0. The first kappa shape index (κ1) is 17.7. The van der Waals surface area contributed by atoms with E-state index in [-0.39, 0.29) is 0 Å². The van der Waals surface area contributed by atoms with Gasteiger partial charge in [-0.1, -0.05) is 0 Å². The van der Waals surface area contributed by atoms with Crippen LogP contribution < -0.4 is 5.32 Å². The number of hydrogen-bond acceptors (Lipinski definition) is 7. The van der Waals surface area contributed by atoms with E-state index in [2.05, 4.69) is 5.32 Å². The Hall–Kier alpha value is -1.33. The van der Waals surface area contributed by atoms with Crippen LogP contribution in [-0.2, 0) is 14.3 Å². The van der Waals surface area contributed by atoms with Gasteiger partial charge in [-0.25, -0.2) is 9.18 Å². The molecular formula is C11H18FNO8. The average molecular weight is 311 g/mol. The molecule has 1 saturated heterocycles. The molecule has 1 rings (SSSR count). The molecule has 0 spiro atoms. The van der Waals surface area contributed by atoms with Gasteiger partial charge in [-0.05, 0) is 0 Å². The summed E-state index contributed by atoms with van der Waals surface area (Å²) in [5.74, 6) is -5.82. The maximum absolute atomic E-state index is 13.8. The number of ether oxygens (including phenoxy) is 1. The number of carbonyl (C=O) groups is 2. The maximum atomic E-state index is 13.8. The Labute approximate surface area is 119 Å². The van der Waals surface area contributed by atoms with Gasteiger partial charge in [0.15, 0.2) is 6.17 Å². The average Bonchev–Trinajstić information content (AvgIpc) is 2.40. The predicted octanol–water partition coefficient (Wildman–Crippen LogP) is -2.89. The molecule has 1 heterocycles. The number of alkyl halides is 1. The number of halogens is 1. The van der Waals surface area contributed by atoms with Crippen LogP contribution in [0.3, 0.4) is 0 Å². The van der Waals surface area contributed by atoms with Gasteiger partial charge in [-0.15, -0.1) is 0 Å². The van der Waals surface area contributed by atoms with Gasteiger partial charge in [-0.2, -0.15) is 0 Å². The van der Waals surface area contributed by atoms with Crippen LogP contribution in [0.4, 0.5) is 4.39 Å². The Morgan fingerprint density at radius 1 is 1.48 bits per heavy atom. The largest absolute Gasteiger partial charge is 0.477 e. The van der Waals surface area contributed by atoms with E-state index in [0.717, 1.165) is 6.92 Å². The Kier molecular flexibility index (Phi) is 5.59. The second-order valence-corrected chi connectivity index (χ2v) is 4.83. The molecule has 0 radical (unpaired) electrons. The minimum absolute atomic E-state index is 0.604. The van der Waals surface area contributed by atoms with Crippen molar-refractivity contribution in [3.8, 4) is 0 Å². The lowest BCUT2D eigenvalue weighted by molar-refractivity contribution is -0.301. The number of rotatable bonds is 5. The number of carbonyl (C=O) groups excluding carboxylic acids is 1. The fraction of sp³-hybridized carbons (Fsp3) is 0.818. The number of hydrogen-bond donors (Lipinski definition) is 6. The molecule has 1 fully saturated rings. The second-order valence-electron chi connectivity index (χ2n) is 4.83. The van der Waals surface area contributed by atoms with Gasteiger partial charge in [0.2, 0.25) is 5.91 Å². The zero-order valence-electron chi connectivity index (χ0n) is 11.1. The predicted molar refractivity (Wildman–Crippen MR) is 63.7 cm³/mol. The van der Waals surface area contributed by atoms with Gasteiger partial charge in [0.25, 0.3) is 5.79 Å². The molecular weight excluding hydrogens is 293 g/mol. The molecule has 0 aromatic rings. The first-order chi connectivity index (χ1) is 9.63. The summed E-state index contributed by atoms with van der Waals surface area (Å²) in [6.45, 7) is 0.232. The van der Waals surface area contributed by atoms with E-state index in [1.165, 1.54) is 0 Å². The summed E-state index contributed by atoms with van der Waals surface area (Å²) in [5, 5.41) is 48.7. The molecule has 10 heteroatoms. The number of aliphatic hydroxyl groups excluding tert-OH is 3. The highest BCUT2D eigenvalue weighted by molar-refractivity contribution is 5.77. The van der Waals surface area contributed by atoms with E-state index >= 15 is 0 Å². The first-order valence-electron chi connectivity index (χ1n) is 6.15. The maximum Gasteiger partial charge on any atom is 0.367 e. The topological polar surface area (TPSA) is 157 Å². The quantitative estimate of drug-likeness (QED) is 0.316. The standard InChI is InChI=1S/C11H18FNO8/c1-4(15)13-5-2-7(12)11(20,10(18)19)21-9(5)8(17)6(16)3-14/h5-9,14,16-17,20H,2-3H2,1H3,(H,13,15)(H,18,19)/t5-,6-,7-,8-,9-,11+/m1/s1. The van der Waals surface area contributed by atoms with E-state index in [0.29, 0.717) is 0 Å². The van der Waals surface area contributed by atoms with Crippen molar-refractivity contribution in [3.63, 3.8) is 0 Å². The van der Waals surface area contributed by atoms with Crippen molar-refractivity contribution in [2.75, 3.05) is 6.61 Å². The molecule has 0 saturated carbocycles. The monoisotopic (exact) mass is 311 g/mol. The third-order valence-electron chi connectivity index (χ3n) is 3.21. The van der Waals surface area contributed by atoms with Crippen LogP contribution in [0.15, 0.2) is 0 Å². The van der Waals surface area contributed by atoms with Crippen LogP contribution in [0.1, 0.15) is 13.3 Å². The van der Waals surface area contributed by atoms with Crippen molar-refractivity contribution in [2.45, 2.75) is 49.7 Å². The molecule has 1 aliphatic heterocycles. The third kappa shape index (κ3) is 3.66. The minimum Gasteiger partial charge on any atom is -0.477 e. The lowest BCUT2D eigenvalue weighted by atomic mass is 9.90. The molecule has 21 heavy (non-hydrogen) atoms. The van der Waals surface area contributed by atoms with Crippen LogP contribution >= 0.6 is 0 Å². The molecule has 1 aliphatic rings. The van der Waals surface area contributed by atoms with E-state index in [1.54, 1.807) is 0 Å². The van der Waals surface area contributed by atoms with Gasteiger partial charge in [0.1, 0.15) is 18.3 Å². The summed E-state index contributed by atoms with van der Waals surface area (Å²) in [6, 6.07) is -1.19. The molecule has 0 bridgehead atoms. The van der Waals surface area contributed by atoms with Crippen molar-refractivity contribution in [3.05, 3.63) is 0 Å². The van der Waals surface area contributed by atoms with Crippen molar-refractivity contribution in [1.82, 2.24) is 5.32 Å². The van der Waals surface area contributed by atoms with E-state index < -0.39 is 61.2 Å². The Morgan fingerprint density at radius 2 is 2.05 bits per heavy atom. The van der Waals surface area contributed by atoms with Crippen molar-refractivity contribution >= 4 is 11.9 Å². The van der Waals surface area contributed by atoms with Gasteiger partial charge < -0.3 is 35.6 Å². The zero-order chi connectivity index (χ0) is 16.4. The summed E-state index contributed by atoms with van der Waals surface area (Å²) in [6.07, 6.45) is -8.20. The molecule has 0 aliphatic carbocycles. The fourth-order valence-electron chi connectivity index (χ4n) is 2.10. The Balaban J connectivity index is 3.05. The van der Waals surface area contributed by atoms with Gasteiger partial charge in [0.05, 0.1) is 12.6 Å². The van der Waals surface area contributed by atoms with Gasteiger partial charge in [0, 0.05) is 13.3 Å². The van der Waals surface area contributed by atoms with E-state index in [4.69, 9.17) is 14.9 Å². The molecule has 6 N–H and O–H groups in total. The minimum atomic E-state index is -3.21. The van der Waals surface area contributed by atoms with Crippen LogP contribution in [0.25, 0.3) is 0 Å². The summed E-state index contributed by atoms with van der Waals surface area (Å²) in [4.78, 5) is 22.0.